The van der Waals surface area contributed by atoms with E-state index in [2.05, 4.69) is 25.6 Å². The summed E-state index contributed by atoms with van der Waals surface area (Å²) in [7, 11) is 1.56. The number of hydrogen-bond acceptors (Lipinski definition) is 8. The number of rotatable bonds is 5. The number of aromatic nitrogens is 5. The fraction of sp³-hybridized carbons (Fsp3) is 0.100. The predicted octanol–water partition coefficient (Wildman–Crippen LogP) is 3.41. The summed E-state index contributed by atoms with van der Waals surface area (Å²) >= 11 is 0. The highest BCUT2D eigenvalue weighted by Gasteiger charge is 2.17. The molecule has 0 radical (unpaired) electrons. The fourth-order valence-electron chi connectivity index (χ4n) is 3.26. The lowest BCUT2D eigenvalue weighted by Gasteiger charge is -2.07. The molecule has 0 spiro atoms. The van der Waals surface area contributed by atoms with Gasteiger partial charge in [-0.05, 0) is 18.2 Å². The van der Waals surface area contributed by atoms with E-state index in [0.29, 0.717) is 22.5 Å². The van der Waals surface area contributed by atoms with Crippen molar-refractivity contribution < 1.29 is 17.9 Å². The zero-order chi connectivity index (χ0) is 21.5. The number of nitrogens with zero attached hydrogens (tertiary/aromatic N) is 5. The summed E-state index contributed by atoms with van der Waals surface area (Å²) in [5.74, 6) is -0.416. The Balaban J connectivity index is 1.47. The van der Waals surface area contributed by atoms with Crippen LogP contribution in [0.15, 0.2) is 46.9 Å². The Morgan fingerprint density at radius 2 is 2.03 bits per heavy atom. The van der Waals surface area contributed by atoms with E-state index < -0.39 is 11.6 Å². The standard InChI is InChI=1S/C20H15F2N7O2/c1-30-16-4-2-3-12-15-8-14(28-29(15)19(23)25-17(12)16)18-26-27-20(31-18)24-9-10-5-6-11(21)7-13(10)22/h2-8H,9H2,1H3,(H2,23,25)(H,24,27). The Morgan fingerprint density at radius 3 is 2.84 bits per heavy atom. The Hall–Kier alpha value is -4.28. The molecule has 5 rings (SSSR count). The lowest BCUT2D eigenvalue weighted by atomic mass is 10.2. The second-order valence-corrected chi connectivity index (χ2v) is 6.65. The third kappa shape index (κ3) is 3.25. The monoisotopic (exact) mass is 423 g/mol. The maximum absolute atomic E-state index is 13.8. The van der Waals surface area contributed by atoms with E-state index in [0.717, 1.165) is 11.5 Å². The first-order chi connectivity index (χ1) is 15.0. The summed E-state index contributed by atoms with van der Waals surface area (Å²) in [5.41, 5.74) is 8.02. The molecule has 0 amide bonds. The molecule has 9 nitrogen and oxygen atoms in total. The lowest BCUT2D eigenvalue weighted by molar-refractivity contribution is 0.419. The quantitative estimate of drug-likeness (QED) is 0.442. The third-order valence-corrected chi connectivity index (χ3v) is 4.74. The number of nitrogen functional groups attached to an aromatic ring is 1. The molecule has 0 bridgehead atoms. The van der Waals surface area contributed by atoms with Crippen LogP contribution in [0, 0.1) is 11.6 Å². The van der Waals surface area contributed by atoms with Crippen molar-refractivity contribution in [3.05, 3.63) is 59.7 Å². The third-order valence-electron chi connectivity index (χ3n) is 4.74. The molecule has 3 heterocycles. The summed E-state index contributed by atoms with van der Waals surface area (Å²) < 4.78 is 39.2. The lowest BCUT2D eigenvalue weighted by Crippen LogP contribution is -2.03. The van der Waals surface area contributed by atoms with Gasteiger partial charge in [0.05, 0.1) is 12.6 Å². The molecule has 0 aliphatic carbocycles. The average molecular weight is 423 g/mol. The van der Waals surface area contributed by atoms with Gasteiger partial charge in [-0.25, -0.2) is 13.8 Å². The van der Waals surface area contributed by atoms with Crippen molar-refractivity contribution in [3.63, 3.8) is 0 Å². The van der Waals surface area contributed by atoms with Gasteiger partial charge in [-0.2, -0.15) is 9.61 Å². The minimum absolute atomic E-state index is 0.0419. The van der Waals surface area contributed by atoms with Crippen LogP contribution in [0.5, 0.6) is 5.75 Å². The molecule has 0 fully saturated rings. The van der Waals surface area contributed by atoms with Gasteiger partial charge in [0.2, 0.25) is 5.95 Å². The highest BCUT2D eigenvalue weighted by atomic mass is 19.1. The van der Waals surface area contributed by atoms with E-state index in [1.807, 2.05) is 12.1 Å². The van der Waals surface area contributed by atoms with Gasteiger partial charge in [-0.1, -0.05) is 23.3 Å². The SMILES string of the molecule is COc1cccc2c1nc(N)n1nc(-c3nnc(NCc4ccc(F)cc4F)o3)cc21. The second kappa shape index (κ2) is 7.20. The number of fused-ring (bicyclic) bond motifs is 3. The highest BCUT2D eigenvalue weighted by Crippen LogP contribution is 2.30. The zero-order valence-electron chi connectivity index (χ0n) is 16.1. The molecule has 156 valence electrons. The largest absolute Gasteiger partial charge is 0.494 e. The molecule has 0 aliphatic rings. The van der Waals surface area contributed by atoms with Crippen LogP contribution in [0.1, 0.15) is 5.56 Å². The van der Waals surface area contributed by atoms with Crippen LogP contribution in [0.4, 0.5) is 20.7 Å². The van der Waals surface area contributed by atoms with Crippen LogP contribution in [0.2, 0.25) is 0 Å². The summed E-state index contributed by atoms with van der Waals surface area (Å²) in [4.78, 5) is 4.38. The number of methoxy groups -OCH3 is 1. The van der Waals surface area contributed by atoms with Crippen LogP contribution < -0.4 is 15.8 Å². The topological polar surface area (TPSA) is 116 Å². The van der Waals surface area contributed by atoms with Crippen molar-refractivity contribution in [3.8, 4) is 17.3 Å². The first-order valence-corrected chi connectivity index (χ1v) is 9.17. The van der Waals surface area contributed by atoms with E-state index in [-0.39, 0.29) is 30.0 Å². The molecule has 11 heteroatoms. The van der Waals surface area contributed by atoms with Gasteiger partial charge in [0.25, 0.3) is 5.89 Å². The molecule has 31 heavy (non-hydrogen) atoms. The molecule has 2 aromatic carbocycles. The van der Waals surface area contributed by atoms with Crippen LogP contribution in [0.3, 0.4) is 0 Å². The summed E-state index contributed by atoms with van der Waals surface area (Å²) in [6, 6.07) is 10.6. The van der Waals surface area contributed by atoms with Crippen molar-refractivity contribution in [2.24, 2.45) is 0 Å². The van der Waals surface area contributed by atoms with Crippen molar-refractivity contribution in [2.45, 2.75) is 6.54 Å². The van der Waals surface area contributed by atoms with Gasteiger partial charge in [-0.3, -0.25) is 0 Å². The van der Waals surface area contributed by atoms with Gasteiger partial charge in [0, 0.05) is 23.6 Å². The average Bonchev–Trinajstić information content (AvgIpc) is 3.40. The Kier molecular flexibility index (Phi) is 4.35. The first-order valence-electron chi connectivity index (χ1n) is 9.17. The normalized spacial score (nSPS) is 11.3. The number of para-hydroxylation sites is 1. The van der Waals surface area contributed by atoms with Crippen molar-refractivity contribution >= 4 is 28.4 Å². The Labute approximate surface area is 173 Å². The van der Waals surface area contributed by atoms with Crippen molar-refractivity contribution in [2.75, 3.05) is 18.2 Å². The molecule has 0 saturated carbocycles. The predicted molar refractivity (Wildman–Crippen MR) is 108 cm³/mol. The number of ether oxygens (including phenoxy) is 1. The van der Waals surface area contributed by atoms with Gasteiger partial charge in [-0.15, -0.1) is 5.10 Å². The highest BCUT2D eigenvalue weighted by molar-refractivity contribution is 5.98. The molecule has 0 aliphatic heterocycles. The number of nitrogens with one attached hydrogen (secondary N) is 1. The molecular formula is C20H15F2N7O2. The van der Waals surface area contributed by atoms with Gasteiger partial charge >= 0.3 is 6.01 Å². The number of hydrogen-bond donors (Lipinski definition) is 2. The van der Waals surface area contributed by atoms with Crippen LogP contribution in [-0.2, 0) is 6.54 Å². The molecule has 0 unspecified atom stereocenters. The first kappa shape index (κ1) is 18.7. The van der Waals surface area contributed by atoms with E-state index in [1.54, 1.807) is 19.2 Å². The minimum atomic E-state index is -0.669. The summed E-state index contributed by atoms with van der Waals surface area (Å²) in [5, 5.41) is 15.9. The second-order valence-electron chi connectivity index (χ2n) is 6.65. The number of anilines is 2. The van der Waals surface area contributed by atoms with Crippen LogP contribution in [-0.4, -0.2) is 31.9 Å². The van der Waals surface area contributed by atoms with E-state index in [4.69, 9.17) is 14.9 Å². The zero-order valence-corrected chi connectivity index (χ0v) is 16.1. The molecule has 0 atom stereocenters. The molecule has 3 aromatic heterocycles. The van der Waals surface area contributed by atoms with Gasteiger partial charge in [0.15, 0.2) is 5.69 Å². The Morgan fingerprint density at radius 1 is 1.16 bits per heavy atom. The minimum Gasteiger partial charge on any atom is -0.494 e. The molecule has 0 saturated heterocycles. The van der Waals surface area contributed by atoms with E-state index >= 15 is 0 Å². The summed E-state index contributed by atoms with van der Waals surface area (Å²) in [6.07, 6.45) is 0. The number of nitrogens with two attached hydrogens (primary N) is 1. The van der Waals surface area contributed by atoms with Crippen LogP contribution >= 0.6 is 0 Å². The number of benzene rings is 2. The number of halogens is 2. The summed E-state index contributed by atoms with van der Waals surface area (Å²) in [6.45, 7) is 0.0419. The molecule has 5 aromatic rings. The molecular weight excluding hydrogens is 408 g/mol. The fourth-order valence-corrected chi connectivity index (χ4v) is 3.26. The van der Waals surface area contributed by atoms with E-state index in [1.165, 1.54) is 16.6 Å². The Bertz CT molecular complexity index is 1430. The maximum Gasteiger partial charge on any atom is 0.316 e. The maximum atomic E-state index is 13.8. The van der Waals surface area contributed by atoms with Crippen molar-refractivity contribution in [1.29, 1.82) is 0 Å². The van der Waals surface area contributed by atoms with Crippen molar-refractivity contribution in [1.82, 2.24) is 24.8 Å². The molecule has 3 N–H and O–H groups in total. The van der Waals surface area contributed by atoms with Crippen LogP contribution in [0.25, 0.3) is 28.0 Å². The smallest absolute Gasteiger partial charge is 0.316 e. The van der Waals surface area contributed by atoms with Gasteiger partial charge < -0.3 is 20.2 Å². The van der Waals surface area contributed by atoms with E-state index in [9.17, 15) is 8.78 Å². The van der Waals surface area contributed by atoms with Gasteiger partial charge in [0.1, 0.15) is 22.9 Å².